The summed E-state index contributed by atoms with van der Waals surface area (Å²) in [7, 11) is 0. The topological polar surface area (TPSA) is 12.2 Å². The van der Waals surface area contributed by atoms with Gasteiger partial charge >= 0.3 is 0 Å². The Hall–Kier alpha value is -1.38. The van der Waals surface area contributed by atoms with Gasteiger partial charge in [-0.1, -0.05) is 42.5 Å². The highest BCUT2D eigenvalue weighted by atomic mass is 16.5. The quantitative estimate of drug-likeness (QED) is 0.521. The highest BCUT2D eigenvalue weighted by Crippen LogP contribution is 2.35. The second-order valence-corrected chi connectivity index (χ2v) is 5.04. The molecule has 0 aromatic heterocycles. The van der Waals surface area contributed by atoms with E-state index in [0.717, 1.165) is 13.0 Å². The molecule has 1 heterocycles. The maximum atomic E-state index is 5.84. The standard InChI is InChI=1S/C17H23NO/c1-4-9-17(19-12-5-2)16-13-18(16)14(3)15-10-7-6-8-11-15/h4-8,10-11,14,16-17H,1-2,9,12-13H2,3H3/t14-,16?,17-,18?/m1/s1. The second kappa shape index (κ2) is 6.69. The van der Waals surface area contributed by atoms with E-state index >= 15 is 0 Å². The minimum Gasteiger partial charge on any atom is -0.372 e. The van der Waals surface area contributed by atoms with Crippen LogP contribution in [0.1, 0.15) is 24.9 Å². The maximum absolute atomic E-state index is 5.84. The number of rotatable bonds is 8. The lowest BCUT2D eigenvalue weighted by Crippen LogP contribution is -2.24. The highest BCUT2D eigenvalue weighted by Gasteiger charge is 2.43. The molecule has 102 valence electrons. The van der Waals surface area contributed by atoms with Gasteiger partial charge < -0.3 is 4.74 Å². The van der Waals surface area contributed by atoms with Crippen molar-refractivity contribution >= 4 is 0 Å². The zero-order chi connectivity index (χ0) is 13.7. The smallest absolute Gasteiger partial charge is 0.0781 e. The van der Waals surface area contributed by atoms with Gasteiger partial charge in [-0.15, -0.1) is 13.2 Å². The van der Waals surface area contributed by atoms with Crippen molar-refractivity contribution in [3.05, 3.63) is 61.2 Å². The molecule has 0 amide bonds. The van der Waals surface area contributed by atoms with Gasteiger partial charge in [0, 0.05) is 18.6 Å². The van der Waals surface area contributed by atoms with Crippen LogP contribution < -0.4 is 0 Å². The van der Waals surface area contributed by atoms with Crippen molar-refractivity contribution in [1.82, 2.24) is 4.90 Å². The van der Waals surface area contributed by atoms with Gasteiger partial charge in [-0.05, 0) is 18.9 Å². The monoisotopic (exact) mass is 257 g/mol. The van der Waals surface area contributed by atoms with E-state index in [1.165, 1.54) is 5.56 Å². The molecular weight excluding hydrogens is 234 g/mol. The number of hydrogen-bond acceptors (Lipinski definition) is 2. The van der Waals surface area contributed by atoms with Gasteiger partial charge in [0.25, 0.3) is 0 Å². The lowest BCUT2D eigenvalue weighted by molar-refractivity contribution is 0.0628. The predicted octanol–water partition coefficient (Wildman–Crippen LogP) is 3.58. The van der Waals surface area contributed by atoms with Crippen molar-refractivity contribution in [3.8, 4) is 0 Å². The van der Waals surface area contributed by atoms with E-state index in [1.54, 1.807) is 0 Å². The van der Waals surface area contributed by atoms with Crippen molar-refractivity contribution in [2.24, 2.45) is 0 Å². The van der Waals surface area contributed by atoms with Crippen LogP contribution in [0.25, 0.3) is 0 Å². The Labute approximate surface area is 116 Å². The third-order valence-corrected chi connectivity index (χ3v) is 3.73. The van der Waals surface area contributed by atoms with Gasteiger partial charge in [0.15, 0.2) is 0 Å². The minimum atomic E-state index is 0.238. The fourth-order valence-corrected chi connectivity index (χ4v) is 2.56. The van der Waals surface area contributed by atoms with Crippen molar-refractivity contribution in [2.45, 2.75) is 31.5 Å². The first-order valence-corrected chi connectivity index (χ1v) is 6.92. The van der Waals surface area contributed by atoms with E-state index in [0.29, 0.717) is 18.7 Å². The van der Waals surface area contributed by atoms with E-state index < -0.39 is 0 Å². The summed E-state index contributed by atoms with van der Waals surface area (Å²) in [6.07, 6.45) is 4.89. The van der Waals surface area contributed by atoms with Crippen LogP contribution in [-0.4, -0.2) is 30.2 Å². The highest BCUT2D eigenvalue weighted by molar-refractivity contribution is 5.20. The molecule has 0 N–H and O–H groups in total. The number of ether oxygens (including phenoxy) is 1. The fourth-order valence-electron chi connectivity index (χ4n) is 2.56. The molecule has 1 saturated heterocycles. The summed E-state index contributed by atoms with van der Waals surface area (Å²) in [5, 5.41) is 0. The molecule has 1 aromatic carbocycles. The zero-order valence-corrected chi connectivity index (χ0v) is 11.7. The van der Waals surface area contributed by atoms with Gasteiger partial charge in [0.2, 0.25) is 0 Å². The van der Waals surface area contributed by atoms with Crippen molar-refractivity contribution in [2.75, 3.05) is 13.2 Å². The van der Waals surface area contributed by atoms with Gasteiger partial charge in [0.1, 0.15) is 0 Å². The molecular formula is C17H23NO. The Morgan fingerprint density at radius 2 is 2.05 bits per heavy atom. The van der Waals surface area contributed by atoms with Crippen LogP contribution in [0.2, 0.25) is 0 Å². The Bertz CT molecular complexity index is 415. The van der Waals surface area contributed by atoms with E-state index in [9.17, 15) is 0 Å². The molecule has 0 aliphatic carbocycles. The maximum Gasteiger partial charge on any atom is 0.0781 e. The first kappa shape index (κ1) is 14.0. The summed E-state index contributed by atoms with van der Waals surface area (Å²) in [4.78, 5) is 2.48. The predicted molar refractivity (Wildman–Crippen MR) is 80.1 cm³/mol. The molecule has 2 heteroatoms. The van der Waals surface area contributed by atoms with Gasteiger partial charge in [-0.25, -0.2) is 0 Å². The fraction of sp³-hybridized carbons (Fsp3) is 0.412. The van der Waals surface area contributed by atoms with Crippen molar-refractivity contribution < 1.29 is 4.74 Å². The van der Waals surface area contributed by atoms with Gasteiger partial charge in [0.05, 0.1) is 12.7 Å². The molecule has 0 radical (unpaired) electrons. The Morgan fingerprint density at radius 3 is 2.68 bits per heavy atom. The molecule has 1 aliphatic rings. The third kappa shape index (κ3) is 3.55. The van der Waals surface area contributed by atoms with E-state index in [-0.39, 0.29) is 6.10 Å². The molecule has 0 saturated carbocycles. The lowest BCUT2D eigenvalue weighted by atomic mass is 10.1. The summed E-state index contributed by atoms with van der Waals surface area (Å²) < 4.78 is 5.84. The van der Waals surface area contributed by atoms with Crippen LogP contribution in [0.3, 0.4) is 0 Å². The largest absolute Gasteiger partial charge is 0.372 e. The SMILES string of the molecule is C=CCO[C@H](CC=C)C1CN1[C@H](C)c1ccccc1. The summed E-state index contributed by atoms with van der Waals surface area (Å²) in [6, 6.07) is 11.6. The number of hydrogen-bond donors (Lipinski definition) is 0. The van der Waals surface area contributed by atoms with E-state index in [1.807, 2.05) is 12.2 Å². The summed E-state index contributed by atoms with van der Waals surface area (Å²) >= 11 is 0. The van der Waals surface area contributed by atoms with Crippen LogP contribution in [0, 0.1) is 0 Å². The molecule has 0 bridgehead atoms. The molecule has 4 atom stereocenters. The van der Waals surface area contributed by atoms with Gasteiger partial charge in [-0.3, -0.25) is 4.90 Å². The number of nitrogens with zero attached hydrogens (tertiary/aromatic N) is 1. The van der Waals surface area contributed by atoms with E-state index in [2.05, 4.69) is 55.3 Å². The average Bonchev–Trinajstić information content (AvgIpc) is 3.24. The van der Waals surface area contributed by atoms with Crippen molar-refractivity contribution in [3.63, 3.8) is 0 Å². The van der Waals surface area contributed by atoms with E-state index in [4.69, 9.17) is 4.74 Å². The van der Waals surface area contributed by atoms with Gasteiger partial charge in [-0.2, -0.15) is 0 Å². The second-order valence-electron chi connectivity index (χ2n) is 5.04. The zero-order valence-electron chi connectivity index (χ0n) is 11.7. The first-order valence-electron chi connectivity index (χ1n) is 6.92. The van der Waals surface area contributed by atoms with Crippen LogP contribution >= 0.6 is 0 Å². The molecule has 1 aromatic rings. The molecule has 1 fully saturated rings. The molecule has 2 rings (SSSR count). The van der Waals surface area contributed by atoms with Crippen LogP contribution in [-0.2, 0) is 4.74 Å². The Kier molecular flexibility index (Phi) is 4.94. The number of benzene rings is 1. The normalized spacial score (nSPS) is 24.5. The lowest BCUT2D eigenvalue weighted by Gasteiger charge is -2.19. The molecule has 1 aliphatic heterocycles. The first-order chi connectivity index (χ1) is 9.27. The Morgan fingerprint density at radius 1 is 1.32 bits per heavy atom. The van der Waals surface area contributed by atoms with Crippen LogP contribution in [0.15, 0.2) is 55.6 Å². The van der Waals surface area contributed by atoms with Crippen LogP contribution in [0.5, 0.6) is 0 Å². The minimum absolute atomic E-state index is 0.238. The van der Waals surface area contributed by atoms with Crippen LogP contribution in [0.4, 0.5) is 0 Å². The molecule has 19 heavy (non-hydrogen) atoms. The third-order valence-electron chi connectivity index (χ3n) is 3.73. The average molecular weight is 257 g/mol. The molecule has 2 nitrogen and oxygen atoms in total. The summed E-state index contributed by atoms with van der Waals surface area (Å²) in [5.74, 6) is 0. The molecule has 0 spiro atoms. The summed E-state index contributed by atoms with van der Waals surface area (Å²) in [5.41, 5.74) is 1.37. The van der Waals surface area contributed by atoms with Crippen molar-refractivity contribution in [1.29, 1.82) is 0 Å². The Balaban J connectivity index is 1.94. The summed E-state index contributed by atoms with van der Waals surface area (Å²) in [6.45, 7) is 11.5. The molecule has 2 unspecified atom stereocenters.